The molecule has 1 aromatic heterocycles. The van der Waals surface area contributed by atoms with Gasteiger partial charge in [-0.1, -0.05) is 29.5 Å². The summed E-state index contributed by atoms with van der Waals surface area (Å²) < 4.78 is 7.98. The lowest BCUT2D eigenvalue weighted by molar-refractivity contribution is 0.370. The van der Waals surface area contributed by atoms with Crippen molar-refractivity contribution in [1.82, 2.24) is 9.13 Å². The molecule has 126 valence electrons. The Morgan fingerprint density at radius 3 is 2.46 bits per heavy atom. The van der Waals surface area contributed by atoms with Crippen molar-refractivity contribution in [3.63, 3.8) is 0 Å². The smallest absolute Gasteiger partial charge is 0.330 e. The highest BCUT2D eigenvalue weighted by molar-refractivity contribution is 5.42. The topological polar surface area (TPSA) is 56.5 Å². The normalized spacial score (nSPS) is 10.0. The summed E-state index contributed by atoms with van der Waals surface area (Å²) >= 11 is 0. The lowest BCUT2D eigenvalue weighted by atomic mass is 10.2. The van der Waals surface area contributed by atoms with Crippen molar-refractivity contribution in [3.05, 3.63) is 56.9 Å². The molecule has 0 amide bonds. The standard InChI is InChI=1S/C18H21N3O3/c1-14-7-9-15(10-8-14)24-12-6-5-11-19(2)16-13-20(3)18(23)21(4)17(16)22/h7-10,13H,11-12H2,1-4H3. The first kappa shape index (κ1) is 17.4. The van der Waals surface area contributed by atoms with Gasteiger partial charge in [0.2, 0.25) is 0 Å². The number of benzene rings is 1. The van der Waals surface area contributed by atoms with Gasteiger partial charge in [-0.3, -0.25) is 9.36 Å². The summed E-state index contributed by atoms with van der Waals surface area (Å²) in [7, 11) is 4.83. The molecule has 0 aliphatic rings. The summed E-state index contributed by atoms with van der Waals surface area (Å²) in [6.45, 7) is 2.66. The van der Waals surface area contributed by atoms with Crippen molar-refractivity contribution in [2.45, 2.75) is 6.92 Å². The third-order valence-electron chi connectivity index (χ3n) is 3.61. The highest BCUT2D eigenvalue weighted by Crippen LogP contribution is 2.10. The minimum atomic E-state index is -0.352. The van der Waals surface area contributed by atoms with E-state index in [4.69, 9.17) is 4.74 Å². The van der Waals surface area contributed by atoms with Gasteiger partial charge >= 0.3 is 5.69 Å². The van der Waals surface area contributed by atoms with Crippen LogP contribution < -0.4 is 20.9 Å². The van der Waals surface area contributed by atoms with Crippen LogP contribution in [-0.2, 0) is 14.1 Å². The van der Waals surface area contributed by atoms with Gasteiger partial charge < -0.3 is 14.2 Å². The van der Waals surface area contributed by atoms with Crippen molar-refractivity contribution in [3.8, 4) is 17.6 Å². The monoisotopic (exact) mass is 327 g/mol. The fraction of sp³-hybridized carbons (Fsp3) is 0.333. The number of ether oxygens (including phenoxy) is 1. The average molecular weight is 327 g/mol. The molecule has 2 aromatic rings. The summed E-state index contributed by atoms with van der Waals surface area (Å²) in [5.41, 5.74) is 0.912. The SMILES string of the molecule is Cc1ccc(OCC#CCN(C)c2cn(C)c(=O)n(C)c2=O)cc1. The van der Waals surface area contributed by atoms with Crippen LogP contribution in [0.2, 0.25) is 0 Å². The van der Waals surface area contributed by atoms with Crippen molar-refractivity contribution in [2.24, 2.45) is 14.1 Å². The Morgan fingerprint density at radius 2 is 1.79 bits per heavy atom. The molecular formula is C18H21N3O3. The summed E-state index contributed by atoms with van der Waals surface area (Å²) in [6, 6.07) is 7.76. The van der Waals surface area contributed by atoms with E-state index in [1.54, 1.807) is 19.0 Å². The minimum Gasteiger partial charge on any atom is -0.481 e. The van der Waals surface area contributed by atoms with Gasteiger partial charge in [0.25, 0.3) is 5.56 Å². The van der Waals surface area contributed by atoms with Crippen molar-refractivity contribution >= 4 is 5.69 Å². The Labute approximate surface area is 140 Å². The van der Waals surface area contributed by atoms with E-state index in [9.17, 15) is 9.59 Å². The van der Waals surface area contributed by atoms with Crippen LogP contribution in [0.15, 0.2) is 40.1 Å². The van der Waals surface area contributed by atoms with E-state index in [1.807, 2.05) is 31.2 Å². The molecule has 0 saturated heterocycles. The first-order chi connectivity index (χ1) is 11.4. The van der Waals surface area contributed by atoms with Crippen LogP contribution in [0.4, 0.5) is 5.69 Å². The van der Waals surface area contributed by atoms with Gasteiger partial charge in [0.05, 0.1) is 6.54 Å². The van der Waals surface area contributed by atoms with E-state index >= 15 is 0 Å². The Hall–Kier alpha value is -2.94. The Kier molecular flexibility index (Phi) is 5.48. The van der Waals surface area contributed by atoms with Crippen LogP contribution in [0.1, 0.15) is 5.56 Å². The first-order valence-corrected chi connectivity index (χ1v) is 7.53. The van der Waals surface area contributed by atoms with Gasteiger partial charge in [0, 0.05) is 27.3 Å². The zero-order valence-corrected chi connectivity index (χ0v) is 14.4. The predicted molar refractivity (Wildman–Crippen MR) is 94.6 cm³/mol. The maximum Gasteiger partial charge on any atom is 0.330 e. The van der Waals surface area contributed by atoms with E-state index in [0.717, 1.165) is 10.3 Å². The molecule has 0 fully saturated rings. The molecule has 0 radical (unpaired) electrons. The van der Waals surface area contributed by atoms with Gasteiger partial charge in [0.1, 0.15) is 18.0 Å². The largest absolute Gasteiger partial charge is 0.481 e. The Morgan fingerprint density at radius 1 is 1.12 bits per heavy atom. The molecule has 1 heterocycles. The Bertz CT molecular complexity index is 883. The molecule has 0 aliphatic carbocycles. The second-order valence-corrected chi connectivity index (χ2v) is 5.58. The average Bonchev–Trinajstić information content (AvgIpc) is 2.57. The minimum absolute atomic E-state index is 0.280. The number of anilines is 1. The van der Waals surface area contributed by atoms with E-state index in [-0.39, 0.29) is 17.9 Å². The van der Waals surface area contributed by atoms with Gasteiger partial charge in [-0.2, -0.15) is 0 Å². The van der Waals surface area contributed by atoms with Gasteiger partial charge in [0.15, 0.2) is 0 Å². The maximum absolute atomic E-state index is 12.1. The number of rotatable bonds is 4. The maximum atomic E-state index is 12.1. The number of hydrogen-bond acceptors (Lipinski definition) is 4. The fourth-order valence-corrected chi connectivity index (χ4v) is 2.12. The lowest BCUT2D eigenvalue weighted by Crippen LogP contribution is -2.40. The molecule has 0 spiro atoms. The molecule has 2 rings (SSSR count). The summed E-state index contributed by atoms with van der Waals surface area (Å²) in [6.07, 6.45) is 1.52. The molecule has 0 atom stereocenters. The first-order valence-electron chi connectivity index (χ1n) is 7.53. The van der Waals surface area contributed by atoms with E-state index < -0.39 is 0 Å². The number of aromatic nitrogens is 2. The van der Waals surface area contributed by atoms with Gasteiger partial charge in [-0.15, -0.1) is 0 Å². The molecule has 1 aromatic carbocycles. The molecule has 0 unspecified atom stereocenters. The highest BCUT2D eigenvalue weighted by atomic mass is 16.5. The highest BCUT2D eigenvalue weighted by Gasteiger charge is 2.09. The van der Waals surface area contributed by atoms with Crippen LogP contribution in [0.25, 0.3) is 0 Å². The number of nitrogens with zero attached hydrogens (tertiary/aromatic N) is 3. The van der Waals surface area contributed by atoms with Crippen LogP contribution >= 0.6 is 0 Å². The second kappa shape index (κ2) is 7.55. The molecule has 0 N–H and O–H groups in total. The molecule has 0 aliphatic heterocycles. The molecule has 0 saturated carbocycles. The molecule has 24 heavy (non-hydrogen) atoms. The molecule has 0 bridgehead atoms. The van der Waals surface area contributed by atoms with Crippen LogP contribution in [0.3, 0.4) is 0 Å². The van der Waals surface area contributed by atoms with E-state index in [0.29, 0.717) is 12.2 Å². The third kappa shape index (κ3) is 4.07. The molecule has 6 heteroatoms. The quantitative estimate of drug-likeness (QED) is 0.784. The fourth-order valence-electron chi connectivity index (χ4n) is 2.12. The van der Waals surface area contributed by atoms with Crippen molar-refractivity contribution < 1.29 is 4.74 Å². The third-order valence-corrected chi connectivity index (χ3v) is 3.61. The summed E-state index contributed by atoms with van der Waals surface area (Å²) in [4.78, 5) is 25.5. The van der Waals surface area contributed by atoms with Crippen molar-refractivity contribution in [1.29, 1.82) is 0 Å². The van der Waals surface area contributed by atoms with Crippen LogP contribution in [-0.4, -0.2) is 29.3 Å². The zero-order chi connectivity index (χ0) is 17.7. The second-order valence-electron chi connectivity index (χ2n) is 5.58. The Balaban J connectivity index is 1.97. The van der Waals surface area contributed by atoms with Crippen LogP contribution in [0, 0.1) is 18.8 Å². The number of aryl methyl sites for hydroxylation is 2. The lowest BCUT2D eigenvalue weighted by Gasteiger charge is -2.16. The zero-order valence-electron chi connectivity index (χ0n) is 14.4. The van der Waals surface area contributed by atoms with Gasteiger partial charge in [-0.25, -0.2) is 4.79 Å². The van der Waals surface area contributed by atoms with E-state index in [1.165, 1.54) is 23.4 Å². The summed E-state index contributed by atoms with van der Waals surface area (Å²) in [5, 5.41) is 0. The number of hydrogen-bond donors (Lipinski definition) is 0. The van der Waals surface area contributed by atoms with Crippen molar-refractivity contribution in [2.75, 3.05) is 25.1 Å². The molecular weight excluding hydrogens is 306 g/mol. The van der Waals surface area contributed by atoms with Crippen LogP contribution in [0.5, 0.6) is 5.75 Å². The predicted octanol–water partition coefficient (Wildman–Crippen LogP) is 0.911. The molecule has 6 nitrogen and oxygen atoms in total. The van der Waals surface area contributed by atoms with E-state index in [2.05, 4.69) is 11.8 Å². The summed E-state index contributed by atoms with van der Waals surface area (Å²) in [5.74, 6) is 6.65. The van der Waals surface area contributed by atoms with Gasteiger partial charge in [-0.05, 0) is 19.1 Å².